The summed E-state index contributed by atoms with van der Waals surface area (Å²) in [6.07, 6.45) is 7.20. The maximum atomic E-state index is 12.2. The second-order valence-electron chi connectivity index (χ2n) is 8.93. The van der Waals surface area contributed by atoms with E-state index in [0.29, 0.717) is 18.0 Å². The summed E-state index contributed by atoms with van der Waals surface area (Å²) in [5.74, 6) is 1.64. The standard InChI is InChI=1S/C25H32N2O2/c1-3-18-4-6-19(7-5-18)12-21-13-25(14-21)15-22(16-25)27-24(28)26-17-20-8-10-23(29-2)11-9-20/h4-11,21-22H,3,12-17H2,1-2H3,(H2,26,27,28). The Kier molecular flexibility index (Phi) is 5.79. The third kappa shape index (κ3) is 4.75. The third-order valence-electron chi connectivity index (χ3n) is 6.71. The number of methoxy groups -OCH3 is 1. The van der Waals surface area contributed by atoms with Gasteiger partial charge in [0.15, 0.2) is 0 Å². The topological polar surface area (TPSA) is 50.4 Å². The zero-order chi connectivity index (χ0) is 20.3. The highest BCUT2D eigenvalue weighted by atomic mass is 16.5. The van der Waals surface area contributed by atoms with E-state index in [4.69, 9.17) is 4.74 Å². The smallest absolute Gasteiger partial charge is 0.315 e. The van der Waals surface area contributed by atoms with Gasteiger partial charge in [0.1, 0.15) is 5.75 Å². The summed E-state index contributed by atoms with van der Waals surface area (Å²) >= 11 is 0. The molecule has 4 heteroatoms. The average Bonchev–Trinajstić information content (AvgIpc) is 2.70. The van der Waals surface area contributed by atoms with Crippen molar-refractivity contribution in [1.29, 1.82) is 0 Å². The van der Waals surface area contributed by atoms with E-state index in [1.165, 1.54) is 30.4 Å². The van der Waals surface area contributed by atoms with E-state index in [1.54, 1.807) is 7.11 Å². The first kappa shape index (κ1) is 19.8. The van der Waals surface area contributed by atoms with Gasteiger partial charge in [-0.1, -0.05) is 43.3 Å². The molecular weight excluding hydrogens is 360 g/mol. The number of nitrogens with one attached hydrogen (secondary N) is 2. The molecule has 2 aromatic carbocycles. The van der Waals surface area contributed by atoms with Crippen LogP contribution in [0.25, 0.3) is 0 Å². The van der Waals surface area contributed by atoms with Crippen molar-refractivity contribution in [1.82, 2.24) is 10.6 Å². The van der Waals surface area contributed by atoms with Crippen LogP contribution in [-0.2, 0) is 19.4 Å². The first-order valence-corrected chi connectivity index (χ1v) is 10.8. The molecule has 2 amide bonds. The predicted molar refractivity (Wildman–Crippen MR) is 116 cm³/mol. The first-order valence-electron chi connectivity index (χ1n) is 10.8. The molecule has 1 spiro atoms. The highest BCUT2D eigenvalue weighted by Gasteiger charge is 2.52. The fraction of sp³-hybridized carbons (Fsp3) is 0.480. The van der Waals surface area contributed by atoms with Gasteiger partial charge in [-0.3, -0.25) is 0 Å². The van der Waals surface area contributed by atoms with Crippen LogP contribution < -0.4 is 15.4 Å². The Hall–Kier alpha value is -2.49. The molecule has 2 fully saturated rings. The normalized spacial score (nSPS) is 25.0. The Morgan fingerprint density at radius 3 is 2.21 bits per heavy atom. The second-order valence-corrected chi connectivity index (χ2v) is 8.93. The third-order valence-corrected chi connectivity index (χ3v) is 6.71. The predicted octanol–water partition coefficient (Wildman–Crippen LogP) is 4.86. The van der Waals surface area contributed by atoms with Crippen LogP contribution in [0.3, 0.4) is 0 Å². The first-order chi connectivity index (χ1) is 14.1. The van der Waals surface area contributed by atoms with Gasteiger partial charge in [-0.15, -0.1) is 0 Å². The lowest BCUT2D eigenvalue weighted by Crippen LogP contribution is -2.57. The van der Waals surface area contributed by atoms with Gasteiger partial charge < -0.3 is 15.4 Å². The Balaban J connectivity index is 1.13. The molecule has 0 bridgehead atoms. The zero-order valence-electron chi connectivity index (χ0n) is 17.5. The summed E-state index contributed by atoms with van der Waals surface area (Å²) in [5.41, 5.74) is 4.45. The van der Waals surface area contributed by atoms with Crippen molar-refractivity contribution in [2.24, 2.45) is 11.3 Å². The van der Waals surface area contributed by atoms with Gasteiger partial charge in [-0.2, -0.15) is 0 Å². The van der Waals surface area contributed by atoms with Crippen LogP contribution >= 0.6 is 0 Å². The molecular formula is C25H32N2O2. The highest BCUT2D eigenvalue weighted by Crippen LogP contribution is 2.59. The number of hydrogen-bond donors (Lipinski definition) is 2. The van der Waals surface area contributed by atoms with Gasteiger partial charge in [0, 0.05) is 12.6 Å². The number of hydrogen-bond acceptors (Lipinski definition) is 2. The number of rotatable bonds is 7. The minimum absolute atomic E-state index is 0.0624. The maximum absolute atomic E-state index is 12.2. The summed E-state index contributed by atoms with van der Waals surface area (Å²) in [6, 6.07) is 17.2. The van der Waals surface area contributed by atoms with Crippen LogP contribution in [-0.4, -0.2) is 19.2 Å². The van der Waals surface area contributed by atoms with E-state index in [-0.39, 0.29) is 6.03 Å². The number of carbonyl (C=O) groups excluding carboxylic acids is 1. The van der Waals surface area contributed by atoms with Gasteiger partial charge in [-0.05, 0) is 78.7 Å². The summed E-state index contributed by atoms with van der Waals surface area (Å²) in [4.78, 5) is 12.2. The van der Waals surface area contributed by atoms with Crippen LogP contribution in [0.2, 0.25) is 0 Å². The minimum Gasteiger partial charge on any atom is -0.497 e. The number of carbonyl (C=O) groups is 1. The molecule has 0 aliphatic heterocycles. The van der Waals surface area contributed by atoms with Crippen molar-refractivity contribution in [3.05, 3.63) is 65.2 Å². The van der Waals surface area contributed by atoms with Crippen molar-refractivity contribution in [3.63, 3.8) is 0 Å². The molecule has 0 atom stereocenters. The van der Waals surface area contributed by atoms with Crippen molar-refractivity contribution >= 4 is 6.03 Å². The lowest BCUT2D eigenvalue weighted by atomic mass is 9.49. The molecule has 154 valence electrons. The molecule has 2 aliphatic carbocycles. The van der Waals surface area contributed by atoms with Crippen molar-refractivity contribution in [2.75, 3.05) is 7.11 Å². The Morgan fingerprint density at radius 1 is 0.966 bits per heavy atom. The summed E-state index contributed by atoms with van der Waals surface area (Å²) in [5, 5.41) is 6.09. The van der Waals surface area contributed by atoms with Crippen LogP contribution in [0.4, 0.5) is 4.79 Å². The molecule has 0 heterocycles. The summed E-state index contributed by atoms with van der Waals surface area (Å²) in [7, 11) is 1.65. The highest BCUT2D eigenvalue weighted by molar-refractivity contribution is 5.74. The molecule has 4 rings (SSSR count). The van der Waals surface area contributed by atoms with Gasteiger partial charge in [0.05, 0.1) is 7.11 Å². The van der Waals surface area contributed by atoms with E-state index >= 15 is 0 Å². The molecule has 2 saturated carbocycles. The Morgan fingerprint density at radius 2 is 1.59 bits per heavy atom. The largest absolute Gasteiger partial charge is 0.497 e. The lowest BCUT2D eigenvalue weighted by molar-refractivity contribution is -0.0454. The van der Waals surface area contributed by atoms with Crippen molar-refractivity contribution in [3.8, 4) is 5.75 Å². The average molecular weight is 393 g/mol. The van der Waals surface area contributed by atoms with Crippen LogP contribution in [0.1, 0.15) is 49.3 Å². The molecule has 2 aliphatic rings. The van der Waals surface area contributed by atoms with E-state index in [0.717, 1.165) is 36.5 Å². The summed E-state index contributed by atoms with van der Waals surface area (Å²) < 4.78 is 5.16. The molecule has 4 nitrogen and oxygen atoms in total. The monoisotopic (exact) mass is 392 g/mol. The second kappa shape index (κ2) is 8.48. The van der Waals surface area contributed by atoms with E-state index in [2.05, 4.69) is 41.8 Å². The van der Waals surface area contributed by atoms with Crippen LogP contribution in [0.15, 0.2) is 48.5 Å². The van der Waals surface area contributed by atoms with Crippen molar-refractivity contribution in [2.45, 2.75) is 58.0 Å². The van der Waals surface area contributed by atoms with Gasteiger partial charge in [-0.25, -0.2) is 4.79 Å². The van der Waals surface area contributed by atoms with Crippen molar-refractivity contribution < 1.29 is 9.53 Å². The molecule has 0 radical (unpaired) electrons. The lowest BCUT2D eigenvalue weighted by Gasteiger charge is -2.58. The van der Waals surface area contributed by atoms with E-state index < -0.39 is 0 Å². The van der Waals surface area contributed by atoms with E-state index in [1.807, 2.05) is 24.3 Å². The Labute approximate surface area is 174 Å². The number of amides is 2. The fourth-order valence-electron chi connectivity index (χ4n) is 5.14. The van der Waals surface area contributed by atoms with Gasteiger partial charge >= 0.3 is 6.03 Å². The van der Waals surface area contributed by atoms with Gasteiger partial charge in [0.2, 0.25) is 0 Å². The van der Waals surface area contributed by atoms with E-state index in [9.17, 15) is 4.79 Å². The van der Waals surface area contributed by atoms with Gasteiger partial charge in [0.25, 0.3) is 0 Å². The Bertz CT molecular complexity index is 815. The molecule has 2 aromatic rings. The number of ether oxygens (including phenoxy) is 1. The number of urea groups is 1. The fourth-order valence-corrected chi connectivity index (χ4v) is 5.14. The molecule has 0 unspecified atom stereocenters. The summed E-state index contributed by atoms with van der Waals surface area (Å²) in [6.45, 7) is 2.73. The molecule has 29 heavy (non-hydrogen) atoms. The quantitative estimate of drug-likeness (QED) is 0.707. The molecule has 2 N–H and O–H groups in total. The molecule has 0 aromatic heterocycles. The molecule has 0 saturated heterocycles. The van der Waals surface area contributed by atoms with Crippen LogP contribution in [0.5, 0.6) is 5.75 Å². The maximum Gasteiger partial charge on any atom is 0.315 e. The van der Waals surface area contributed by atoms with Crippen LogP contribution in [0, 0.1) is 11.3 Å². The minimum atomic E-state index is -0.0624. The zero-order valence-corrected chi connectivity index (χ0v) is 17.5. The number of aryl methyl sites for hydroxylation is 1. The SMILES string of the molecule is CCc1ccc(CC2CC3(C2)CC(NC(=O)NCc2ccc(OC)cc2)C3)cc1. The number of benzene rings is 2.